The molecule has 4 unspecified atom stereocenters. The molecule has 4 atom stereocenters. The van der Waals surface area contributed by atoms with Crippen LogP contribution in [0.1, 0.15) is 83.1 Å². The van der Waals surface area contributed by atoms with Crippen molar-refractivity contribution >= 4 is 17.2 Å². The summed E-state index contributed by atoms with van der Waals surface area (Å²) >= 11 is 6.23. The predicted octanol–water partition coefficient (Wildman–Crippen LogP) is 5.74. The number of rotatable bonds is 4. The summed E-state index contributed by atoms with van der Waals surface area (Å²) in [6.07, 6.45) is 14.4. The Morgan fingerprint density at radius 2 is 1.76 bits per heavy atom. The Kier molecular flexibility index (Phi) is 5.06. The van der Waals surface area contributed by atoms with E-state index in [0.29, 0.717) is 16.9 Å². The van der Waals surface area contributed by atoms with Gasteiger partial charge in [-0.05, 0) is 105 Å². The molecule has 0 radical (unpaired) electrons. The van der Waals surface area contributed by atoms with Gasteiger partial charge in [0.15, 0.2) is 0 Å². The first kappa shape index (κ1) is 20.0. The molecular formula is C26H38N2S. The normalized spacial score (nSPS) is 43.7. The van der Waals surface area contributed by atoms with Gasteiger partial charge in [0.05, 0.1) is 4.99 Å². The van der Waals surface area contributed by atoms with E-state index >= 15 is 0 Å². The first-order chi connectivity index (χ1) is 14.0. The van der Waals surface area contributed by atoms with Crippen molar-refractivity contribution in [3.63, 3.8) is 0 Å². The van der Waals surface area contributed by atoms with Gasteiger partial charge >= 0.3 is 0 Å². The second-order valence-electron chi connectivity index (χ2n) is 11.3. The molecule has 0 heterocycles. The monoisotopic (exact) mass is 410 g/mol. The summed E-state index contributed by atoms with van der Waals surface area (Å²) in [5, 5.41) is 3.91. The molecule has 0 saturated heterocycles. The van der Waals surface area contributed by atoms with Crippen molar-refractivity contribution < 1.29 is 0 Å². The molecule has 1 aromatic rings. The van der Waals surface area contributed by atoms with Crippen LogP contribution < -0.4 is 11.1 Å². The van der Waals surface area contributed by atoms with Gasteiger partial charge < -0.3 is 11.1 Å². The van der Waals surface area contributed by atoms with Crippen LogP contribution in [-0.4, -0.2) is 17.6 Å². The second kappa shape index (κ2) is 7.34. The van der Waals surface area contributed by atoms with Crippen molar-refractivity contribution in [2.75, 3.05) is 6.54 Å². The quantitative estimate of drug-likeness (QED) is 0.622. The van der Waals surface area contributed by atoms with Gasteiger partial charge in [-0.2, -0.15) is 0 Å². The van der Waals surface area contributed by atoms with Gasteiger partial charge in [0.25, 0.3) is 0 Å². The molecule has 0 aromatic heterocycles. The lowest BCUT2D eigenvalue weighted by Crippen LogP contribution is -2.60. The Morgan fingerprint density at radius 1 is 1.03 bits per heavy atom. The molecule has 5 rings (SSSR count). The Bertz CT molecular complexity index is 755. The third-order valence-electron chi connectivity index (χ3n) is 9.67. The van der Waals surface area contributed by atoms with E-state index in [1.54, 1.807) is 5.56 Å². The van der Waals surface area contributed by atoms with E-state index in [-0.39, 0.29) is 5.41 Å². The molecule has 158 valence electrons. The first-order valence-electron chi connectivity index (χ1n) is 12.0. The molecule has 4 fully saturated rings. The van der Waals surface area contributed by atoms with E-state index in [4.69, 9.17) is 18.0 Å². The molecule has 0 aliphatic heterocycles. The molecule has 0 amide bonds. The van der Waals surface area contributed by atoms with Crippen LogP contribution >= 0.6 is 12.2 Å². The van der Waals surface area contributed by atoms with Crippen LogP contribution in [0.4, 0.5) is 0 Å². The molecule has 2 nitrogen and oxygen atoms in total. The summed E-state index contributed by atoms with van der Waals surface area (Å²) in [5.74, 6) is 1.55. The maximum Gasteiger partial charge on any atom is 0.0818 e. The van der Waals surface area contributed by atoms with E-state index in [2.05, 4.69) is 42.6 Å². The fourth-order valence-electron chi connectivity index (χ4n) is 7.59. The number of benzene rings is 1. The number of nitrogens with one attached hydrogen (secondary N) is 1. The Labute approximate surface area is 182 Å². The smallest absolute Gasteiger partial charge is 0.0818 e. The van der Waals surface area contributed by atoms with E-state index in [1.807, 2.05) is 0 Å². The van der Waals surface area contributed by atoms with E-state index in [1.165, 1.54) is 75.6 Å². The van der Waals surface area contributed by atoms with Crippen molar-refractivity contribution in [1.29, 1.82) is 0 Å². The molecule has 4 saturated carbocycles. The van der Waals surface area contributed by atoms with Crippen molar-refractivity contribution in [3.05, 3.63) is 35.9 Å². The lowest BCUT2D eigenvalue weighted by Gasteiger charge is -2.64. The second-order valence-corrected chi connectivity index (χ2v) is 11.7. The summed E-state index contributed by atoms with van der Waals surface area (Å²) in [4.78, 5) is 1.21. The highest BCUT2D eigenvalue weighted by Gasteiger charge is 2.61. The number of nitrogens with two attached hydrogens (primary N) is 1. The minimum absolute atomic E-state index is 0.221. The summed E-state index contributed by atoms with van der Waals surface area (Å²) < 4.78 is 0. The third-order valence-corrected chi connectivity index (χ3v) is 10.2. The lowest BCUT2D eigenvalue weighted by atomic mass is 9.41. The molecule has 3 bridgehead atoms. The average Bonchev–Trinajstić information content (AvgIpc) is 2.76. The van der Waals surface area contributed by atoms with Crippen molar-refractivity contribution in [3.8, 4) is 0 Å². The maximum atomic E-state index is 6.23. The van der Waals surface area contributed by atoms with Crippen LogP contribution in [0, 0.1) is 22.7 Å². The zero-order valence-corrected chi connectivity index (χ0v) is 18.9. The van der Waals surface area contributed by atoms with Crippen molar-refractivity contribution in [1.82, 2.24) is 5.32 Å². The van der Waals surface area contributed by atoms with Crippen LogP contribution in [0.25, 0.3) is 0 Å². The number of fused-ring (bicyclic) bond motifs is 2. The molecule has 0 spiro atoms. The highest BCUT2D eigenvalue weighted by molar-refractivity contribution is 7.80. The van der Waals surface area contributed by atoms with E-state index < -0.39 is 0 Å². The number of hydrogen-bond donors (Lipinski definition) is 2. The van der Waals surface area contributed by atoms with E-state index in [0.717, 1.165) is 18.4 Å². The Balaban J connectivity index is 1.40. The molecule has 4 aliphatic rings. The summed E-state index contributed by atoms with van der Waals surface area (Å²) in [6.45, 7) is 3.42. The average molecular weight is 411 g/mol. The van der Waals surface area contributed by atoms with Gasteiger partial charge in [0.1, 0.15) is 0 Å². The molecule has 4 aliphatic carbocycles. The molecule has 1 aromatic carbocycles. The van der Waals surface area contributed by atoms with Gasteiger partial charge in [-0.1, -0.05) is 49.5 Å². The standard InChI is InChI=1S/C26H38N2S/c1-24-11-13-25(20-5-3-2-4-6-20)15-21(24)16-26(18-25,14-12-24)23(29)28-22-9-7-19(17-27)8-10-22/h2-6,19,21-22H,7-18,27H2,1H3,(H,28,29)/t19-,21?,22-,24?,25?,26?. The highest BCUT2D eigenvalue weighted by Crippen LogP contribution is 2.68. The Hall–Kier alpha value is -0.930. The van der Waals surface area contributed by atoms with Gasteiger partial charge in [-0.15, -0.1) is 0 Å². The van der Waals surface area contributed by atoms with Crippen LogP contribution in [0.2, 0.25) is 0 Å². The summed E-state index contributed by atoms with van der Waals surface area (Å²) in [6, 6.07) is 12.0. The summed E-state index contributed by atoms with van der Waals surface area (Å²) in [7, 11) is 0. The van der Waals surface area contributed by atoms with Crippen LogP contribution in [0.15, 0.2) is 30.3 Å². The molecular weight excluding hydrogens is 372 g/mol. The summed E-state index contributed by atoms with van der Waals surface area (Å²) in [5.41, 5.74) is 8.58. The zero-order valence-electron chi connectivity index (χ0n) is 18.1. The molecule has 3 heteroatoms. The van der Waals surface area contributed by atoms with Gasteiger partial charge in [-0.25, -0.2) is 0 Å². The maximum absolute atomic E-state index is 6.23. The largest absolute Gasteiger partial charge is 0.376 e. The fraction of sp³-hybridized carbons (Fsp3) is 0.731. The molecule has 3 N–H and O–H groups in total. The SMILES string of the molecule is CC12CCC3(C(=S)N[C@H]4CC[C@H](CN)CC4)CC1CC(c1ccccc1)(CC2)C3. The first-order valence-corrected chi connectivity index (χ1v) is 12.4. The van der Waals surface area contributed by atoms with Crippen LogP contribution in [0.5, 0.6) is 0 Å². The molecule has 29 heavy (non-hydrogen) atoms. The topological polar surface area (TPSA) is 38.0 Å². The van der Waals surface area contributed by atoms with Crippen LogP contribution in [0.3, 0.4) is 0 Å². The third kappa shape index (κ3) is 3.37. The minimum Gasteiger partial charge on any atom is -0.376 e. The zero-order chi connectivity index (χ0) is 20.1. The predicted molar refractivity (Wildman–Crippen MR) is 125 cm³/mol. The van der Waals surface area contributed by atoms with Gasteiger partial charge in [-0.3, -0.25) is 0 Å². The lowest BCUT2D eigenvalue weighted by molar-refractivity contribution is -0.0727. The van der Waals surface area contributed by atoms with Crippen molar-refractivity contribution in [2.24, 2.45) is 28.4 Å². The van der Waals surface area contributed by atoms with Crippen molar-refractivity contribution in [2.45, 2.75) is 89.0 Å². The number of hydrogen-bond acceptors (Lipinski definition) is 2. The minimum atomic E-state index is 0.221. The Morgan fingerprint density at radius 3 is 2.48 bits per heavy atom. The number of thiocarbonyl (C=S) groups is 1. The van der Waals surface area contributed by atoms with Crippen LogP contribution in [-0.2, 0) is 5.41 Å². The fourth-order valence-corrected chi connectivity index (χ4v) is 8.01. The van der Waals surface area contributed by atoms with E-state index in [9.17, 15) is 0 Å². The van der Waals surface area contributed by atoms with Gasteiger partial charge in [0, 0.05) is 11.5 Å². The van der Waals surface area contributed by atoms with Gasteiger partial charge in [0.2, 0.25) is 0 Å². The highest BCUT2D eigenvalue weighted by atomic mass is 32.1.